The van der Waals surface area contributed by atoms with Crippen molar-refractivity contribution in [2.45, 2.75) is 13.0 Å². The van der Waals surface area contributed by atoms with Crippen molar-refractivity contribution in [3.05, 3.63) is 65.2 Å². The molecule has 0 aliphatic carbocycles. The second kappa shape index (κ2) is 6.95. The summed E-state index contributed by atoms with van der Waals surface area (Å²) in [5.74, 6) is 0.955. The summed E-state index contributed by atoms with van der Waals surface area (Å²) in [6.45, 7) is 6.37. The Kier molecular flexibility index (Phi) is 4.76. The Balaban J connectivity index is 1.99. The first-order valence-electron chi connectivity index (χ1n) is 7.94. The largest absolute Gasteiger partial charge is 0.496 e. The minimum atomic E-state index is 0.313. The van der Waals surface area contributed by atoms with Crippen molar-refractivity contribution in [1.82, 2.24) is 10.2 Å². The van der Waals surface area contributed by atoms with Crippen LogP contribution in [0.5, 0.6) is 5.75 Å². The highest BCUT2D eigenvalue weighted by Crippen LogP contribution is 2.31. The van der Waals surface area contributed by atoms with Crippen LogP contribution in [0, 0.1) is 6.92 Å². The van der Waals surface area contributed by atoms with Gasteiger partial charge in [0.05, 0.1) is 13.2 Å². The molecule has 2 aromatic carbocycles. The highest BCUT2D eigenvalue weighted by Gasteiger charge is 2.24. The quantitative estimate of drug-likeness (QED) is 0.938. The second-order valence-corrected chi connectivity index (χ2v) is 5.83. The molecular formula is C19H24N2O. The van der Waals surface area contributed by atoms with Gasteiger partial charge in [-0.1, -0.05) is 42.5 Å². The van der Waals surface area contributed by atoms with E-state index in [0.717, 1.165) is 31.9 Å². The zero-order valence-electron chi connectivity index (χ0n) is 13.4. The third-order valence-corrected chi connectivity index (χ3v) is 4.37. The average Bonchev–Trinajstić information content (AvgIpc) is 2.57. The molecule has 0 spiro atoms. The predicted octanol–water partition coefficient (Wildman–Crippen LogP) is 3.00. The molecule has 1 aliphatic rings. The first-order chi connectivity index (χ1) is 10.8. The van der Waals surface area contributed by atoms with E-state index in [0.29, 0.717) is 6.04 Å². The number of piperazine rings is 1. The van der Waals surface area contributed by atoms with Crippen LogP contribution < -0.4 is 10.1 Å². The van der Waals surface area contributed by atoms with Gasteiger partial charge in [0, 0.05) is 26.2 Å². The van der Waals surface area contributed by atoms with E-state index in [2.05, 4.69) is 65.7 Å². The van der Waals surface area contributed by atoms with Gasteiger partial charge in [-0.15, -0.1) is 0 Å². The maximum Gasteiger partial charge on any atom is 0.121 e. The van der Waals surface area contributed by atoms with E-state index in [9.17, 15) is 0 Å². The summed E-state index contributed by atoms with van der Waals surface area (Å²) in [7, 11) is 1.73. The van der Waals surface area contributed by atoms with Crippen LogP contribution in [0.1, 0.15) is 22.7 Å². The number of rotatable bonds is 4. The van der Waals surface area contributed by atoms with E-state index in [4.69, 9.17) is 4.74 Å². The first-order valence-corrected chi connectivity index (χ1v) is 7.94. The van der Waals surface area contributed by atoms with Gasteiger partial charge in [-0.2, -0.15) is 0 Å². The van der Waals surface area contributed by atoms with Crippen molar-refractivity contribution < 1.29 is 4.74 Å². The SMILES string of the molecule is COc1ccc(C(c2ccccc2)N2CCNCC2)cc1C. The molecule has 2 aromatic rings. The van der Waals surface area contributed by atoms with Crippen LogP contribution in [0.4, 0.5) is 0 Å². The van der Waals surface area contributed by atoms with Crippen molar-refractivity contribution in [3.8, 4) is 5.75 Å². The summed E-state index contributed by atoms with van der Waals surface area (Å²) in [4.78, 5) is 2.56. The summed E-state index contributed by atoms with van der Waals surface area (Å²) in [6.07, 6.45) is 0. The van der Waals surface area contributed by atoms with Crippen LogP contribution in [0.2, 0.25) is 0 Å². The Morgan fingerprint density at radius 3 is 2.36 bits per heavy atom. The Hall–Kier alpha value is -1.84. The summed E-state index contributed by atoms with van der Waals surface area (Å²) in [5.41, 5.74) is 3.89. The number of aryl methyl sites for hydroxylation is 1. The second-order valence-electron chi connectivity index (χ2n) is 5.83. The van der Waals surface area contributed by atoms with Gasteiger partial charge in [-0.3, -0.25) is 4.90 Å². The van der Waals surface area contributed by atoms with Gasteiger partial charge in [0.1, 0.15) is 5.75 Å². The lowest BCUT2D eigenvalue weighted by Crippen LogP contribution is -2.45. The third kappa shape index (κ3) is 3.16. The Morgan fingerprint density at radius 1 is 1.00 bits per heavy atom. The summed E-state index contributed by atoms with van der Waals surface area (Å²) < 4.78 is 5.41. The van der Waals surface area contributed by atoms with Crippen molar-refractivity contribution in [2.75, 3.05) is 33.3 Å². The molecule has 3 rings (SSSR count). The van der Waals surface area contributed by atoms with Gasteiger partial charge in [-0.25, -0.2) is 0 Å². The number of methoxy groups -OCH3 is 1. The molecule has 0 amide bonds. The number of hydrogen-bond donors (Lipinski definition) is 1. The zero-order chi connectivity index (χ0) is 15.4. The highest BCUT2D eigenvalue weighted by molar-refractivity contribution is 5.41. The van der Waals surface area contributed by atoms with Crippen molar-refractivity contribution >= 4 is 0 Å². The van der Waals surface area contributed by atoms with Crippen LogP contribution in [-0.4, -0.2) is 38.2 Å². The third-order valence-electron chi connectivity index (χ3n) is 4.37. The molecule has 1 fully saturated rings. The van der Waals surface area contributed by atoms with E-state index in [1.807, 2.05) is 0 Å². The van der Waals surface area contributed by atoms with E-state index in [1.165, 1.54) is 16.7 Å². The van der Waals surface area contributed by atoms with Crippen LogP contribution in [-0.2, 0) is 0 Å². The van der Waals surface area contributed by atoms with Gasteiger partial charge in [0.25, 0.3) is 0 Å². The molecule has 3 heteroatoms. The minimum absolute atomic E-state index is 0.313. The van der Waals surface area contributed by atoms with Gasteiger partial charge >= 0.3 is 0 Å². The number of benzene rings is 2. The molecule has 1 atom stereocenters. The molecular weight excluding hydrogens is 272 g/mol. The molecule has 0 bridgehead atoms. The molecule has 0 radical (unpaired) electrons. The van der Waals surface area contributed by atoms with Gasteiger partial charge < -0.3 is 10.1 Å². The molecule has 1 unspecified atom stereocenters. The monoisotopic (exact) mass is 296 g/mol. The summed E-state index contributed by atoms with van der Waals surface area (Å²) in [6, 6.07) is 17.7. The van der Waals surface area contributed by atoms with Crippen molar-refractivity contribution in [1.29, 1.82) is 0 Å². The molecule has 1 aliphatic heterocycles. The number of nitrogens with zero attached hydrogens (tertiary/aromatic N) is 1. The van der Waals surface area contributed by atoms with Gasteiger partial charge in [-0.05, 0) is 29.7 Å². The van der Waals surface area contributed by atoms with E-state index in [1.54, 1.807) is 7.11 Å². The fraction of sp³-hybridized carbons (Fsp3) is 0.368. The fourth-order valence-corrected chi connectivity index (χ4v) is 3.26. The normalized spacial score (nSPS) is 17.2. The molecule has 0 saturated carbocycles. The maximum absolute atomic E-state index is 5.41. The average molecular weight is 296 g/mol. The Morgan fingerprint density at radius 2 is 1.73 bits per heavy atom. The predicted molar refractivity (Wildman–Crippen MR) is 90.5 cm³/mol. The molecule has 1 heterocycles. The molecule has 1 N–H and O–H groups in total. The highest BCUT2D eigenvalue weighted by atomic mass is 16.5. The molecule has 0 aromatic heterocycles. The smallest absolute Gasteiger partial charge is 0.121 e. The fourth-order valence-electron chi connectivity index (χ4n) is 3.26. The number of hydrogen-bond acceptors (Lipinski definition) is 3. The van der Waals surface area contributed by atoms with Crippen LogP contribution in [0.25, 0.3) is 0 Å². The van der Waals surface area contributed by atoms with Crippen LogP contribution in [0.15, 0.2) is 48.5 Å². The summed E-state index contributed by atoms with van der Waals surface area (Å²) in [5, 5.41) is 3.44. The van der Waals surface area contributed by atoms with E-state index < -0.39 is 0 Å². The van der Waals surface area contributed by atoms with Crippen molar-refractivity contribution in [3.63, 3.8) is 0 Å². The van der Waals surface area contributed by atoms with Crippen LogP contribution in [0.3, 0.4) is 0 Å². The Labute approximate surface area is 132 Å². The molecule has 22 heavy (non-hydrogen) atoms. The number of nitrogens with one attached hydrogen (secondary N) is 1. The summed E-state index contributed by atoms with van der Waals surface area (Å²) >= 11 is 0. The Bertz CT molecular complexity index is 606. The minimum Gasteiger partial charge on any atom is -0.496 e. The molecule has 1 saturated heterocycles. The lowest BCUT2D eigenvalue weighted by atomic mass is 9.95. The topological polar surface area (TPSA) is 24.5 Å². The lowest BCUT2D eigenvalue weighted by molar-refractivity contribution is 0.198. The van der Waals surface area contributed by atoms with Gasteiger partial charge in [0.15, 0.2) is 0 Å². The standard InChI is InChI=1S/C19H24N2O/c1-15-14-17(8-9-18(15)22-2)19(16-6-4-3-5-7-16)21-12-10-20-11-13-21/h3-9,14,19-20H,10-13H2,1-2H3. The number of ether oxygens (including phenoxy) is 1. The maximum atomic E-state index is 5.41. The lowest BCUT2D eigenvalue weighted by Gasteiger charge is -2.35. The molecule has 3 nitrogen and oxygen atoms in total. The van der Waals surface area contributed by atoms with Crippen LogP contribution >= 0.6 is 0 Å². The first kappa shape index (κ1) is 15.1. The van der Waals surface area contributed by atoms with Gasteiger partial charge in [0.2, 0.25) is 0 Å². The zero-order valence-corrected chi connectivity index (χ0v) is 13.4. The van der Waals surface area contributed by atoms with Crippen molar-refractivity contribution in [2.24, 2.45) is 0 Å². The molecule has 116 valence electrons. The van der Waals surface area contributed by atoms with E-state index in [-0.39, 0.29) is 0 Å². The van der Waals surface area contributed by atoms with E-state index >= 15 is 0 Å².